The Morgan fingerprint density at radius 2 is 2.06 bits per heavy atom. The molecule has 94 valence electrons. The molecule has 1 atom stereocenters. The van der Waals surface area contributed by atoms with Gasteiger partial charge in [-0.25, -0.2) is 0 Å². The first kappa shape index (κ1) is 14.1. The van der Waals surface area contributed by atoms with Gasteiger partial charge in [0.05, 0.1) is 6.10 Å². The van der Waals surface area contributed by atoms with Gasteiger partial charge in [0.2, 0.25) is 0 Å². The van der Waals surface area contributed by atoms with E-state index in [1.165, 1.54) is 0 Å². The molecule has 0 saturated heterocycles. The third-order valence-electron chi connectivity index (χ3n) is 2.44. The van der Waals surface area contributed by atoms with Crippen LogP contribution in [0.3, 0.4) is 0 Å². The number of carbonyl (C=O) groups excluding carboxylic acids is 1. The highest BCUT2D eigenvalue weighted by Gasteiger charge is 2.04. The average molecular weight is 253 g/mol. The molecule has 1 aromatic rings. The second-order valence-corrected chi connectivity index (χ2v) is 4.86. The number of aliphatic hydroxyl groups is 1. The number of hydrogen-bond acceptors (Lipinski definition) is 3. The van der Waals surface area contributed by atoms with Crippen LogP contribution in [-0.4, -0.2) is 29.9 Å². The molecule has 17 heavy (non-hydrogen) atoms. The van der Waals surface area contributed by atoms with Crippen LogP contribution in [0.1, 0.15) is 30.1 Å². The van der Waals surface area contributed by atoms with Crippen molar-refractivity contribution in [3.63, 3.8) is 0 Å². The summed E-state index contributed by atoms with van der Waals surface area (Å²) in [6.45, 7) is 2.36. The van der Waals surface area contributed by atoms with E-state index in [-0.39, 0.29) is 12.0 Å². The molecular formula is C13H19NO2S. The van der Waals surface area contributed by atoms with Crippen LogP contribution in [-0.2, 0) is 0 Å². The second-order valence-electron chi connectivity index (χ2n) is 3.98. The summed E-state index contributed by atoms with van der Waals surface area (Å²) in [7, 11) is 0. The number of hydrogen-bond donors (Lipinski definition) is 2. The maximum Gasteiger partial charge on any atom is 0.251 e. The molecule has 0 spiro atoms. The number of carbonyl (C=O) groups is 1. The van der Waals surface area contributed by atoms with Gasteiger partial charge in [-0.15, -0.1) is 11.8 Å². The van der Waals surface area contributed by atoms with Crippen molar-refractivity contribution in [2.75, 3.05) is 12.8 Å². The molecule has 1 rings (SSSR count). The van der Waals surface area contributed by atoms with Crippen molar-refractivity contribution >= 4 is 17.7 Å². The topological polar surface area (TPSA) is 49.3 Å². The lowest BCUT2D eigenvalue weighted by Gasteiger charge is -2.06. The van der Waals surface area contributed by atoms with Gasteiger partial charge in [0.25, 0.3) is 5.91 Å². The van der Waals surface area contributed by atoms with Crippen LogP contribution < -0.4 is 5.32 Å². The Bertz CT molecular complexity index is 349. The van der Waals surface area contributed by atoms with Crippen LogP contribution >= 0.6 is 11.8 Å². The smallest absolute Gasteiger partial charge is 0.251 e. The molecule has 1 unspecified atom stereocenters. The fraction of sp³-hybridized carbons (Fsp3) is 0.462. The number of aliphatic hydroxyl groups excluding tert-OH is 1. The molecule has 2 N–H and O–H groups in total. The largest absolute Gasteiger partial charge is 0.393 e. The van der Waals surface area contributed by atoms with E-state index in [9.17, 15) is 4.79 Å². The van der Waals surface area contributed by atoms with Gasteiger partial charge in [0, 0.05) is 17.0 Å². The molecule has 1 aromatic carbocycles. The summed E-state index contributed by atoms with van der Waals surface area (Å²) in [5.41, 5.74) is 0.680. The first-order valence-electron chi connectivity index (χ1n) is 5.74. The molecule has 0 bridgehead atoms. The molecule has 4 heteroatoms. The molecular weight excluding hydrogens is 234 g/mol. The predicted octanol–water partition coefficient (Wildman–Crippen LogP) is 2.30. The SMILES string of the molecule is CSc1ccc(C(=O)NCCCC(C)O)cc1. The molecule has 0 aromatic heterocycles. The van der Waals surface area contributed by atoms with E-state index >= 15 is 0 Å². The van der Waals surface area contributed by atoms with E-state index in [2.05, 4.69) is 5.32 Å². The number of rotatable bonds is 6. The summed E-state index contributed by atoms with van der Waals surface area (Å²) in [5.74, 6) is -0.0526. The lowest BCUT2D eigenvalue weighted by Crippen LogP contribution is -2.24. The molecule has 0 radical (unpaired) electrons. The normalized spacial score (nSPS) is 12.2. The first-order valence-corrected chi connectivity index (χ1v) is 6.96. The minimum absolute atomic E-state index is 0.0526. The van der Waals surface area contributed by atoms with Crippen LogP contribution in [0.5, 0.6) is 0 Å². The first-order chi connectivity index (χ1) is 8.13. The molecule has 0 saturated carbocycles. The third kappa shape index (κ3) is 5.24. The fourth-order valence-electron chi connectivity index (χ4n) is 1.44. The van der Waals surface area contributed by atoms with Crippen LogP contribution in [0.25, 0.3) is 0 Å². The van der Waals surface area contributed by atoms with Crippen molar-refractivity contribution < 1.29 is 9.90 Å². The third-order valence-corrected chi connectivity index (χ3v) is 3.18. The summed E-state index contributed by atoms with van der Waals surface area (Å²) >= 11 is 1.65. The van der Waals surface area contributed by atoms with Gasteiger partial charge in [-0.1, -0.05) is 0 Å². The maximum absolute atomic E-state index is 11.7. The van der Waals surface area contributed by atoms with Crippen molar-refractivity contribution in [2.45, 2.75) is 30.8 Å². The molecule has 0 fully saturated rings. The Kier molecular flexibility index (Phi) is 6.08. The Balaban J connectivity index is 2.36. The number of thioether (sulfide) groups is 1. The van der Waals surface area contributed by atoms with Gasteiger partial charge >= 0.3 is 0 Å². The second kappa shape index (κ2) is 7.35. The molecule has 1 amide bonds. The Morgan fingerprint density at radius 1 is 1.41 bits per heavy atom. The minimum Gasteiger partial charge on any atom is -0.393 e. The average Bonchev–Trinajstić information content (AvgIpc) is 2.34. The quantitative estimate of drug-likeness (QED) is 0.604. The molecule has 0 aliphatic rings. The number of benzene rings is 1. The fourth-order valence-corrected chi connectivity index (χ4v) is 1.85. The lowest BCUT2D eigenvalue weighted by molar-refractivity contribution is 0.0949. The van der Waals surface area contributed by atoms with E-state index < -0.39 is 0 Å². The standard InChI is InChI=1S/C13H19NO2S/c1-10(15)4-3-9-14-13(16)11-5-7-12(17-2)8-6-11/h5-8,10,15H,3-4,9H2,1-2H3,(H,14,16). The molecule has 3 nitrogen and oxygen atoms in total. The summed E-state index contributed by atoms with van der Waals surface area (Å²) in [6.07, 6.45) is 3.22. The van der Waals surface area contributed by atoms with E-state index in [4.69, 9.17) is 5.11 Å². The zero-order valence-corrected chi connectivity index (χ0v) is 11.1. The van der Waals surface area contributed by atoms with E-state index in [1.807, 2.05) is 30.5 Å². The van der Waals surface area contributed by atoms with Crippen molar-refractivity contribution in [1.29, 1.82) is 0 Å². The van der Waals surface area contributed by atoms with Crippen molar-refractivity contribution in [2.24, 2.45) is 0 Å². The summed E-state index contributed by atoms with van der Waals surface area (Å²) in [6, 6.07) is 7.54. The van der Waals surface area contributed by atoms with Crippen molar-refractivity contribution in [3.8, 4) is 0 Å². The van der Waals surface area contributed by atoms with Gasteiger partial charge in [-0.05, 0) is 50.3 Å². The van der Waals surface area contributed by atoms with Crippen molar-refractivity contribution in [1.82, 2.24) is 5.32 Å². The highest BCUT2D eigenvalue weighted by Crippen LogP contribution is 2.14. The Morgan fingerprint density at radius 3 is 2.59 bits per heavy atom. The lowest BCUT2D eigenvalue weighted by atomic mass is 10.2. The van der Waals surface area contributed by atoms with E-state index in [0.29, 0.717) is 18.5 Å². The van der Waals surface area contributed by atoms with Gasteiger partial charge in [0.15, 0.2) is 0 Å². The molecule has 0 aliphatic carbocycles. The Labute approximate surface area is 107 Å². The summed E-state index contributed by atoms with van der Waals surface area (Å²) < 4.78 is 0. The van der Waals surface area contributed by atoms with E-state index in [0.717, 1.165) is 11.3 Å². The van der Waals surface area contributed by atoms with Gasteiger partial charge in [-0.2, -0.15) is 0 Å². The van der Waals surface area contributed by atoms with Gasteiger partial charge in [-0.3, -0.25) is 4.79 Å². The van der Waals surface area contributed by atoms with Gasteiger partial charge in [0.1, 0.15) is 0 Å². The molecule has 0 aliphatic heterocycles. The molecule has 0 heterocycles. The highest BCUT2D eigenvalue weighted by molar-refractivity contribution is 7.98. The summed E-state index contributed by atoms with van der Waals surface area (Å²) in [4.78, 5) is 12.9. The van der Waals surface area contributed by atoms with Gasteiger partial charge < -0.3 is 10.4 Å². The summed E-state index contributed by atoms with van der Waals surface area (Å²) in [5, 5.41) is 11.9. The zero-order valence-electron chi connectivity index (χ0n) is 10.3. The van der Waals surface area contributed by atoms with Crippen LogP contribution in [0.4, 0.5) is 0 Å². The highest BCUT2D eigenvalue weighted by atomic mass is 32.2. The number of nitrogens with one attached hydrogen (secondary N) is 1. The monoisotopic (exact) mass is 253 g/mol. The maximum atomic E-state index is 11.7. The number of amides is 1. The Hall–Kier alpha value is -1.00. The minimum atomic E-state index is -0.298. The zero-order chi connectivity index (χ0) is 12.7. The van der Waals surface area contributed by atoms with E-state index in [1.54, 1.807) is 18.7 Å². The van der Waals surface area contributed by atoms with Crippen LogP contribution in [0.2, 0.25) is 0 Å². The predicted molar refractivity (Wildman–Crippen MR) is 71.5 cm³/mol. The van der Waals surface area contributed by atoms with Crippen molar-refractivity contribution in [3.05, 3.63) is 29.8 Å². The van der Waals surface area contributed by atoms with Crippen LogP contribution in [0.15, 0.2) is 29.2 Å². The van der Waals surface area contributed by atoms with Crippen LogP contribution in [0, 0.1) is 0 Å².